The summed E-state index contributed by atoms with van der Waals surface area (Å²) in [6, 6.07) is 2.33. The maximum atomic E-state index is 4.21. The maximum absolute atomic E-state index is 4.21. The van der Waals surface area contributed by atoms with Gasteiger partial charge in [-0.1, -0.05) is 6.07 Å². The lowest BCUT2D eigenvalue weighted by atomic mass is 9.91. The van der Waals surface area contributed by atoms with Crippen LogP contribution in [0.15, 0.2) is 24.8 Å². The van der Waals surface area contributed by atoms with Crippen molar-refractivity contribution in [2.24, 2.45) is 0 Å². The summed E-state index contributed by atoms with van der Waals surface area (Å²) >= 11 is 4.28. The molecule has 2 heterocycles. The molecule has 1 aliphatic rings. The molecule has 4 heteroatoms. The van der Waals surface area contributed by atoms with Crippen LogP contribution in [0.3, 0.4) is 0 Å². The second-order valence-electron chi connectivity index (χ2n) is 6.58. The van der Waals surface area contributed by atoms with Crippen molar-refractivity contribution in [3.05, 3.63) is 52.6 Å². The number of nitrogens with zero attached hydrogens (tertiary/aromatic N) is 2. The zero-order valence-corrected chi connectivity index (χ0v) is 16.2. The number of thioether (sulfide) groups is 2. The monoisotopic (exact) mass is 346 g/mol. The van der Waals surface area contributed by atoms with Gasteiger partial charge in [-0.3, -0.25) is 0 Å². The fourth-order valence-electron chi connectivity index (χ4n) is 3.46. The highest BCUT2D eigenvalue weighted by Crippen LogP contribution is 2.48. The lowest BCUT2D eigenvalue weighted by molar-refractivity contribution is 0.591. The largest absolute Gasteiger partial charge is 0.335 e. The summed E-state index contributed by atoms with van der Waals surface area (Å²) in [6.07, 6.45) is 8.33. The molecule has 2 nitrogen and oxygen atoms in total. The third-order valence-corrected chi connectivity index (χ3v) is 8.57. The highest BCUT2D eigenvalue weighted by atomic mass is 32.2. The second-order valence-corrected chi connectivity index (χ2v) is 9.80. The van der Waals surface area contributed by atoms with Gasteiger partial charge >= 0.3 is 0 Å². The third kappa shape index (κ3) is 3.63. The standard InChI is InChI=1S/C19H26N2S2/c1-14-11-15(2)17(4)18(16(14)3)5-6-19(22-9-10-23-19)12-21-8-7-20-13-21/h7-8,11,13H,5-6,9-10,12H2,1-4H3. The predicted octanol–water partition coefficient (Wildman–Crippen LogP) is 4.93. The lowest BCUT2D eigenvalue weighted by Crippen LogP contribution is -2.25. The van der Waals surface area contributed by atoms with Crippen molar-refractivity contribution in [3.63, 3.8) is 0 Å². The van der Waals surface area contributed by atoms with E-state index in [2.05, 4.69) is 73.0 Å². The van der Waals surface area contributed by atoms with Crippen molar-refractivity contribution in [3.8, 4) is 0 Å². The van der Waals surface area contributed by atoms with Crippen LogP contribution in [0.1, 0.15) is 34.2 Å². The summed E-state index contributed by atoms with van der Waals surface area (Å²) in [6.45, 7) is 10.1. The smallest absolute Gasteiger partial charge is 0.0946 e. The van der Waals surface area contributed by atoms with E-state index in [-0.39, 0.29) is 0 Å². The van der Waals surface area contributed by atoms with Gasteiger partial charge in [-0.2, -0.15) is 0 Å². The van der Waals surface area contributed by atoms with Crippen LogP contribution >= 0.6 is 23.5 Å². The molecular formula is C19H26N2S2. The Balaban J connectivity index is 1.80. The number of hydrogen-bond acceptors (Lipinski definition) is 3. The summed E-state index contributed by atoms with van der Waals surface area (Å²) in [7, 11) is 0. The molecule has 1 fully saturated rings. The molecule has 1 aromatic carbocycles. The van der Waals surface area contributed by atoms with Gasteiger partial charge < -0.3 is 4.57 Å². The predicted molar refractivity (Wildman–Crippen MR) is 104 cm³/mol. The van der Waals surface area contributed by atoms with Crippen LogP contribution < -0.4 is 0 Å². The van der Waals surface area contributed by atoms with Gasteiger partial charge in [0.2, 0.25) is 0 Å². The number of benzene rings is 1. The molecule has 1 saturated heterocycles. The van der Waals surface area contributed by atoms with Crippen molar-refractivity contribution < 1.29 is 0 Å². The van der Waals surface area contributed by atoms with Crippen molar-refractivity contribution in [2.45, 2.75) is 51.2 Å². The average Bonchev–Trinajstić information content (AvgIpc) is 3.18. The molecule has 1 aliphatic heterocycles. The lowest BCUT2D eigenvalue weighted by Gasteiger charge is -2.28. The molecule has 0 spiro atoms. The Kier molecular flexibility index (Phi) is 5.12. The van der Waals surface area contributed by atoms with Crippen LogP contribution in [-0.2, 0) is 13.0 Å². The molecule has 0 N–H and O–H groups in total. The van der Waals surface area contributed by atoms with Gasteiger partial charge in [0, 0.05) is 30.4 Å². The van der Waals surface area contributed by atoms with Crippen LogP contribution in [0, 0.1) is 27.7 Å². The molecule has 124 valence electrons. The summed E-state index contributed by atoms with van der Waals surface area (Å²) in [5.41, 5.74) is 7.40. The molecule has 0 radical (unpaired) electrons. The minimum atomic E-state index is 0.303. The highest BCUT2D eigenvalue weighted by Gasteiger charge is 2.35. The maximum Gasteiger partial charge on any atom is 0.0946 e. The minimum absolute atomic E-state index is 0.303. The van der Waals surface area contributed by atoms with Crippen molar-refractivity contribution in [1.29, 1.82) is 0 Å². The zero-order valence-electron chi connectivity index (χ0n) is 14.6. The molecule has 3 rings (SSSR count). The molecule has 0 bridgehead atoms. The van der Waals surface area contributed by atoms with E-state index in [1.165, 1.54) is 46.6 Å². The van der Waals surface area contributed by atoms with Gasteiger partial charge in [-0.15, -0.1) is 23.5 Å². The Labute approximate surface area is 148 Å². The quantitative estimate of drug-likeness (QED) is 0.765. The van der Waals surface area contributed by atoms with Crippen LogP contribution in [0.5, 0.6) is 0 Å². The van der Waals surface area contributed by atoms with Crippen molar-refractivity contribution in [2.75, 3.05) is 11.5 Å². The second kappa shape index (κ2) is 6.94. The van der Waals surface area contributed by atoms with E-state index >= 15 is 0 Å². The SMILES string of the molecule is Cc1cc(C)c(C)c(CCC2(Cn3ccnc3)SCCS2)c1C. The van der Waals surface area contributed by atoms with E-state index in [1.54, 1.807) is 5.56 Å². The first-order valence-corrected chi connectivity index (χ1v) is 10.3. The first-order chi connectivity index (χ1) is 11.0. The van der Waals surface area contributed by atoms with Gasteiger partial charge in [0.05, 0.1) is 10.4 Å². The molecule has 2 aromatic rings. The Hall–Kier alpha value is -0.870. The number of hydrogen-bond donors (Lipinski definition) is 0. The molecule has 0 atom stereocenters. The van der Waals surface area contributed by atoms with Crippen molar-refractivity contribution in [1.82, 2.24) is 9.55 Å². The molecule has 0 aliphatic carbocycles. The summed E-state index contributed by atoms with van der Waals surface area (Å²) < 4.78 is 2.55. The first-order valence-electron chi connectivity index (χ1n) is 8.31. The normalized spacial score (nSPS) is 16.9. The zero-order chi connectivity index (χ0) is 16.4. The number of imidazole rings is 1. The van der Waals surface area contributed by atoms with Gasteiger partial charge in [-0.05, 0) is 68.4 Å². The van der Waals surface area contributed by atoms with Gasteiger partial charge in [0.25, 0.3) is 0 Å². The Morgan fingerprint density at radius 3 is 2.30 bits per heavy atom. The van der Waals surface area contributed by atoms with Crippen molar-refractivity contribution >= 4 is 23.5 Å². The van der Waals surface area contributed by atoms with E-state index in [0.29, 0.717) is 4.08 Å². The first kappa shape index (κ1) is 17.0. The number of rotatable bonds is 5. The molecule has 0 unspecified atom stereocenters. The van der Waals surface area contributed by atoms with Crippen LogP contribution in [0.25, 0.3) is 0 Å². The van der Waals surface area contributed by atoms with Gasteiger partial charge in [0.1, 0.15) is 0 Å². The van der Waals surface area contributed by atoms with E-state index in [0.717, 1.165) is 6.54 Å². The fourth-order valence-corrected chi connectivity index (χ4v) is 6.68. The minimum Gasteiger partial charge on any atom is -0.335 e. The van der Waals surface area contributed by atoms with Gasteiger partial charge in [-0.25, -0.2) is 4.98 Å². The summed E-state index contributed by atoms with van der Waals surface area (Å²) in [4.78, 5) is 4.21. The average molecular weight is 347 g/mol. The molecule has 1 aromatic heterocycles. The van der Waals surface area contributed by atoms with Crippen LogP contribution in [-0.4, -0.2) is 25.1 Å². The van der Waals surface area contributed by atoms with E-state index < -0.39 is 0 Å². The molecule has 23 heavy (non-hydrogen) atoms. The van der Waals surface area contributed by atoms with E-state index in [4.69, 9.17) is 0 Å². The Bertz CT molecular complexity index is 645. The van der Waals surface area contributed by atoms with Crippen LogP contribution in [0.2, 0.25) is 0 Å². The number of aryl methyl sites for hydroxylation is 2. The summed E-state index contributed by atoms with van der Waals surface area (Å²) in [5, 5.41) is 0. The molecule has 0 amide bonds. The Morgan fingerprint density at radius 1 is 1.09 bits per heavy atom. The van der Waals surface area contributed by atoms with E-state index in [9.17, 15) is 0 Å². The molecule has 0 saturated carbocycles. The highest BCUT2D eigenvalue weighted by molar-refractivity contribution is 8.21. The number of aromatic nitrogens is 2. The topological polar surface area (TPSA) is 17.8 Å². The molecular weight excluding hydrogens is 320 g/mol. The fraction of sp³-hybridized carbons (Fsp3) is 0.526. The third-order valence-electron chi connectivity index (χ3n) is 5.07. The summed E-state index contributed by atoms with van der Waals surface area (Å²) in [5.74, 6) is 2.54. The van der Waals surface area contributed by atoms with E-state index in [1.807, 2.05) is 12.5 Å². The van der Waals surface area contributed by atoms with Crippen LogP contribution in [0.4, 0.5) is 0 Å². The Morgan fingerprint density at radius 2 is 1.74 bits per heavy atom. The van der Waals surface area contributed by atoms with Gasteiger partial charge in [0.15, 0.2) is 0 Å².